The van der Waals surface area contributed by atoms with Crippen LogP contribution in [0, 0.1) is 0 Å². The summed E-state index contributed by atoms with van der Waals surface area (Å²) in [6.07, 6.45) is 6.74. The van der Waals surface area contributed by atoms with Crippen LogP contribution in [0.1, 0.15) is 49.4 Å². The van der Waals surface area contributed by atoms with Gasteiger partial charge in [0.2, 0.25) is 0 Å². The summed E-state index contributed by atoms with van der Waals surface area (Å²) in [4.78, 5) is 24.5. The minimum absolute atomic E-state index is 0.204. The largest absolute Gasteiger partial charge is 0.449 e. The summed E-state index contributed by atoms with van der Waals surface area (Å²) in [5.74, 6) is -0.990. The van der Waals surface area contributed by atoms with Crippen LogP contribution in [0.5, 0.6) is 0 Å². The third kappa shape index (κ3) is 6.67. The van der Waals surface area contributed by atoms with Crippen molar-refractivity contribution < 1.29 is 22.7 Å². The zero-order valence-electron chi connectivity index (χ0n) is 17.3. The molecule has 1 atom stereocenters. The number of esters is 1. The molecule has 3 rings (SSSR count). The van der Waals surface area contributed by atoms with Gasteiger partial charge in [0, 0.05) is 12.2 Å². The predicted molar refractivity (Wildman–Crippen MR) is 121 cm³/mol. The maximum atomic E-state index is 12.3. The monoisotopic (exact) mass is 462 g/mol. The molecule has 31 heavy (non-hydrogen) atoms. The highest BCUT2D eigenvalue weighted by Crippen LogP contribution is 2.21. The van der Waals surface area contributed by atoms with E-state index in [0.29, 0.717) is 12.2 Å². The summed E-state index contributed by atoms with van der Waals surface area (Å²) in [6, 6.07) is 9.03. The maximum absolute atomic E-state index is 12.3. The van der Waals surface area contributed by atoms with Crippen LogP contribution in [0.25, 0.3) is 0 Å². The van der Waals surface area contributed by atoms with Crippen molar-refractivity contribution in [1.29, 1.82) is 0 Å². The van der Waals surface area contributed by atoms with Gasteiger partial charge >= 0.3 is 5.97 Å². The average molecular weight is 463 g/mol. The van der Waals surface area contributed by atoms with E-state index < -0.39 is 22.1 Å². The Kier molecular flexibility index (Phi) is 7.86. The molecule has 166 valence electrons. The van der Waals surface area contributed by atoms with Gasteiger partial charge in [-0.05, 0) is 74.7 Å². The highest BCUT2D eigenvalue weighted by molar-refractivity contribution is 7.94. The lowest BCUT2D eigenvalue weighted by atomic mass is 9.97. The van der Waals surface area contributed by atoms with Crippen molar-refractivity contribution >= 4 is 38.9 Å². The number of sulfonamides is 1. The number of benzene rings is 1. The molecule has 0 saturated heterocycles. The first kappa shape index (κ1) is 23.0. The SMILES string of the molecule is C[C@@H](OC(=O)c1ccc(NS(=O)(=O)c2cccs2)cc1)C(=O)NCCC1=CCCCC1. The number of carbonyl (C=O) groups excluding carboxylic acids is 2. The number of nitrogens with one attached hydrogen (secondary N) is 2. The molecule has 2 aromatic rings. The molecule has 0 aliphatic heterocycles. The zero-order valence-corrected chi connectivity index (χ0v) is 18.9. The van der Waals surface area contributed by atoms with Crippen LogP contribution in [-0.2, 0) is 19.6 Å². The molecule has 1 amide bonds. The standard InChI is InChI=1S/C22H26N2O5S2/c1-16(21(25)23-14-13-17-6-3-2-4-7-17)29-22(26)18-9-11-19(12-10-18)24-31(27,28)20-8-5-15-30-20/h5-6,8-12,15-16,24H,2-4,7,13-14H2,1H3,(H,23,25)/t16-/m1/s1. The minimum Gasteiger partial charge on any atom is -0.449 e. The highest BCUT2D eigenvalue weighted by Gasteiger charge is 2.19. The zero-order chi connectivity index (χ0) is 22.3. The van der Waals surface area contributed by atoms with E-state index in [1.54, 1.807) is 11.4 Å². The Labute approximate surface area is 186 Å². The smallest absolute Gasteiger partial charge is 0.338 e. The summed E-state index contributed by atoms with van der Waals surface area (Å²) >= 11 is 1.11. The molecule has 1 aliphatic rings. The fourth-order valence-corrected chi connectivity index (χ4v) is 5.25. The third-order valence-electron chi connectivity index (χ3n) is 4.92. The van der Waals surface area contributed by atoms with Crippen LogP contribution in [-0.4, -0.2) is 32.9 Å². The van der Waals surface area contributed by atoms with Crippen molar-refractivity contribution in [2.24, 2.45) is 0 Å². The van der Waals surface area contributed by atoms with E-state index in [0.717, 1.165) is 30.6 Å². The van der Waals surface area contributed by atoms with Crippen molar-refractivity contribution in [3.05, 3.63) is 59.0 Å². The molecule has 1 heterocycles. The Bertz CT molecular complexity index is 1030. The molecular weight excluding hydrogens is 436 g/mol. The van der Waals surface area contributed by atoms with Gasteiger partial charge in [-0.15, -0.1) is 11.3 Å². The van der Waals surface area contributed by atoms with E-state index >= 15 is 0 Å². The fraction of sp³-hybridized carbons (Fsp3) is 0.364. The first-order valence-electron chi connectivity index (χ1n) is 10.2. The Morgan fingerprint density at radius 2 is 1.94 bits per heavy atom. The lowest BCUT2D eigenvalue weighted by Gasteiger charge is -2.16. The van der Waals surface area contributed by atoms with Gasteiger partial charge in [-0.1, -0.05) is 17.7 Å². The van der Waals surface area contributed by atoms with Crippen molar-refractivity contribution in [2.75, 3.05) is 11.3 Å². The van der Waals surface area contributed by atoms with Crippen molar-refractivity contribution in [1.82, 2.24) is 5.32 Å². The van der Waals surface area contributed by atoms with Gasteiger partial charge in [-0.25, -0.2) is 13.2 Å². The number of allylic oxidation sites excluding steroid dienone is 1. The van der Waals surface area contributed by atoms with Crippen molar-refractivity contribution in [3.8, 4) is 0 Å². The Morgan fingerprint density at radius 3 is 2.58 bits per heavy atom. The third-order valence-corrected chi connectivity index (χ3v) is 7.69. The maximum Gasteiger partial charge on any atom is 0.338 e. The van der Waals surface area contributed by atoms with E-state index in [9.17, 15) is 18.0 Å². The second-order valence-corrected chi connectivity index (χ2v) is 10.2. The molecule has 0 radical (unpaired) electrons. The second-order valence-electron chi connectivity index (χ2n) is 7.31. The Morgan fingerprint density at radius 1 is 1.16 bits per heavy atom. The van der Waals surface area contributed by atoms with Gasteiger partial charge in [0.15, 0.2) is 6.10 Å². The van der Waals surface area contributed by atoms with Gasteiger partial charge < -0.3 is 10.1 Å². The van der Waals surface area contributed by atoms with Crippen LogP contribution in [0.3, 0.4) is 0 Å². The summed E-state index contributed by atoms with van der Waals surface area (Å²) in [7, 11) is -3.66. The molecule has 0 unspecified atom stereocenters. The molecule has 7 nitrogen and oxygen atoms in total. The molecule has 0 bridgehead atoms. The number of hydrogen-bond acceptors (Lipinski definition) is 6. The molecule has 2 N–H and O–H groups in total. The Hall–Kier alpha value is -2.65. The van der Waals surface area contributed by atoms with Crippen molar-refractivity contribution in [2.45, 2.75) is 49.3 Å². The number of hydrogen-bond donors (Lipinski definition) is 2. The summed E-state index contributed by atoms with van der Waals surface area (Å²) in [5.41, 5.74) is 1.92. The van der Waals surface area contributed by atoms with E-state index in [-0.39, 0.29) is 15.7 Å². The number of amides is 1. The summed E-state index contributed by atoms with van der Waals surface area (Å²) < 4.78 is 32.4. The van der Waals surface area contributed by atoms with Gasteiger partial charge in [0.1, 0.15) is 4.21 Å². The van der Waals surface area contributed by atoms with Crippen LogP contribution in [0.2, 0.25) is 0 Å². The molecule has 1 aliphatic carbocycles. The van der Waals surface area contributed by atoms with E-state index in [1.807, 2.05) is 0 Å². The van der Waals surface area contributed by atoms with Crippen LogP contribution in [0.15, 0.2) is 57.6 Å². The predicted octanol–water partition coefficient (Wildman–Crippen LogP) is 4.10. The topological polar surface area (TPSA) is 102 Å². The molecule has 0 saturated carbocycles. The molecule has 9 heteroatoms. The summed E-state index contributed by atoms with van der Waals surface area (Å²) in [5, 5.41) is 4.48. The summed E-state index contributed by atoms with van der Waals surface area (Å²) in [6.45, 7) is 2.04. The first-order chi connectivity index (χ1) is 14.8. The van der Waals surface area contributed by atoms with Gasteiger partial charge in [-0.2, -0.15) is 0 Å². The number of anilines is 1. The second kappa shape index (κ2) is 10.6. The minimum atomic E-state index is -3.66. The van der Waals surface area contributed by atoms with E-state index in [2.05, 4.69) is 16.1 Å². The average Bonchev–Trinajstić information content (AvgIpc) is 3.31. The first-order valence-corrected chi connectivity index (χ1v) is 12.5. The van der Waals surface area contributed by atoms with Gasteiger partial charge in [0.05, 0.1) is 5.56 Å². The lowest BCUT2D eigenvalue weighted by Crippen LogP contribution is -2.36. The molecule has 0 fully saturated rings. The fourth-order valence-electron chi connectivity index (χ4n) is 3.20. The number of carbonyl (C=O) groups is 2. The van der Waals surface area contributed by atoms with Crippen LogP contribution < -0.4 is 10.0 Å². The van der Waals surface area contributed by atoms with Crippen LogP contribution >= 0.6 is 11.3 Å². The van der Waals surface area contributed by atoms with Gasteiger partial charge in [-0.3, -0.25) is 9.52 Å². The number of thiophene rings is 1. The van der Waals surface area contributed by atoms with E-state index in [1.165, 1.54) is 55.7 Å². The molecule has 1 aromatic carbocycles. The number of ether oxygens (including phenoxy) is 1. The van der Waals surface area contributed by atoms with Gasteiger partial charge in [0.25, 0.3) is 15.9 Å². The van der Waals surface area contributed by atoms with Crippen molar-refractivity contribution in [3.63, 3.8) is 0 Å². The molecular formula is C22H26N2O5S2. The lowest BCUT2D eigenvalue weighted by molar-refractivity contribution is -0.129. The molecule has 1 aromatic heterocycles. The Balaban J connectivity index is 1.48. The molecule has 0 spiro atoms. The quantitative estimate of drug-likeness (QED) is 0.432. The highest BCUT2D eigenvalue weighted by atomic mass is 32.2. The van der Waals surface area contributed by atoms with E-state index in [4.69, 9.17) is 4.74 Å². The number of rotatable bonds is 9. The normalized spacial score (nSPS) is 14.9. The van der Waals surface area contributed by atoms with Crippen LogP contribution in [0.4, 0.5) is 5.69 Å².